The lowest BCUT2D eigenvalue weighted by Gasteiger charge is -2.07. The Morgan fingerprint density at radius 2 is 2.09 bits per heavy atom. The van der Waals surface area contributed by atoms with Crippen LogP contribution in [0.3, 0.4) is 0 Å². The lowest BCUT2D eigenvalue weighted by atomic mass is 10.2. The average Bonchev–Trinajstić information content (AvgIpc) is 3.17. The highest BCUT2D eigenvalue weighted by Gasteiger charge is 2.12. The minimum absolute atomic E-state index is 0.231. The molecule has 0 aliphatic carbocycles. The SMILES string of the molecule is Cn1c(-c2ccsc2)cc2c(Nc3cccc(O)c3)nccc21. The summed E-state index contributed by atoms with van der Waals surface area (Å²) in [6.07, 6.45) is 1.80. The van der Waals surface area contributed by atoms with E-state index in [0.29, 0.717) is 0 Å². The fraction of sp³-hybridized carbons (Fsp3) is 0.0556. The Labute approximate surface area is 137 Å². The van der Waals surface area contributed by atoms with E-state index in [1.165, 1.54) is 5.56 Å². The highest BCUT2D eigenvalue weighted by Crippen LogP contribution is 2.32. The van der Waals surface area contributed by atoms with Gasteiger partial charge in [-0.1, -0.05) is 6.07 Å². The lowest BCUT2D eigenvalue weighted by molar-refractivity contribution is 0.475. The highest BCUT2D eigenvalue weighted by atomic mass is 32.1. The van der Waals surface area contributed by atoms with Crippen LogP contribution in [0.1, 0.15) is 0 Å². The van der Waals surface area contributed by atoms with Crippen LogP contribution in [-0.2, 0) is 7.05 Å². The minimum atomic E-state index is 0.231. The smallest absolute Gasteiger partial charge is 0.139 e. The summed E-state index contributed by atoms with van der Waals surface area (Å²) in [7, 11) is 2.06. The largest absolute Gasteiger partial charge is 0.508 e. The maximum atomic E-state index is 9.61. The normalized spacial score (nSPS) is 11.0. The molecular weight excluding hydrogens is 306 g/mol. The van der Waals surface area contributed by atoms with Gasteiger partial charge in [-0.25, -0.2) is 4.98 Å². The minimum Gasteiger partial charge on any atom is -0.508 e. The van der Waals surface area contributed by atoms with E-state index in [1.54, 1.807) is 35.7 Å². The Morgan fingerprint density at radius 1 is 1.17 bits per heavy atom. The molecule has 0 amide bonds. The van der Waals surface area contributed by atoms with Gasteiger partial charge in [-0.05, 0) is 35.7 Å². The fourth-order valence-corrected chi connectivity index (χ4v) is 3.42. The third-order valence-corrected chi connectivity index (χ3v) is 4.58. The first-order chi connectivity index (χ1) is 11.2. The van der Waals surface area contributed by atoms with Crippen LogP contribution >= 0.6 is 11.3 Å². The van der Waals surface area contributed by atoms with Crippen molar-refractivity contribution in [1.29, 1.82) is 0 Å². The van der Waals surface area contributed by atoms with Crippen molar-refractivity contribution >= 4 is 33.7 Å². The van der Waals surface area contributed by atoms with Crippen LogP contribution in [0.15, 0.2) is 59.4 Å². The second kappa shape index (κ2) is 5.44. The van der Waals surface area contributed by atoms with Gasteiger partial charge in [0.2, 0.25) is 0 Å². The number of fused-ring (bicyclic) bond motifs is 1. The lowest BCUT2D eigenvalue weighted by Crippen LogP contribution is -1.94. The number of aromatic nitrogens is 2. The van der Waals surface area contributed by atoms with Crippen LogP contribution in [0, 0.1) is 0 Å². The fourth-order valence-electron chi connectivity index (χ4n) is 2.77. The van der Waals surface area contributed by atoms with Crippen molar-refractivity contribution in [3.05, 3.63) is 59.4 Å². The van der Waals surface area contributed by atoms with Crippen molar-refractivity contribution in [1.82, 2.24) is 9.55 Å². The van der Waals surface area contributed by atoms with Crippen molar-refractivity contribution in [2.45, 2.75) is 0 Å². The molecule has 0 aliphatic heterocycles. The number of benzene rings is 1. The third-order valence-electron chi connectivity index (χ3n) is 3.90. The number of nitrogens with zero attached hydrogens (tertiary/aromatic N) is 2. The van der Waals surface area contributed by atoms with Crippen molar-refractivity contribution in [3.63, 3.8) is 0 Å². The zero-order valence-electron chi connectivity index (χ0n) is 12.5. The monoisotopic (exact) mass is 321 g/mol. The summed E-state index contributed by atoms with van der Waals surface area (Å²) in [6, 6.07) is 13.3. The predicted molar refractivity (Wildman–Crippen MR) is 95.4 cm³/mol. The molecule has 23 heavy (non-hydrogen) atoms. The van der Waals surface area contributed by atoms with Crippen LogP contribution in [-0.4, -0.2) is 14.7 Å². The van der Waals surface area contributed by atoms with Gasteiger partial charge in [0.1, 0.15) is 11.6 Å². The van der Waals surface area contributed by atoms with E-state index in [1.807, 2.05) is 12.1 Å². The van der Waals surface area contributed by atoms with Gasteiger partial charge in [0, 0.05) is 47.0 Å². The number of phenolic OH excluding ortho intramolecular Hbond substituents is 1. The molecular formula is C18H15N3OS. The summed E-state index contributed by atoms with van der Waals surface area (Å²) >= 11 is 1.69. The second-order valence-electron chi connectivity index (χ2n) is 5.37. The number of nitrogens with one attached hydrogen (secondary N) is 1. The number of hydrogen-bond acceptors (Lipinski definition) is 4. The molecule has 0 radical (unpaired) electrons. The van der Waals surface area contributed by atoms with E-state index < -0.39 is 0 Å². The Morgan fingerprint density at radius 3 is 2.87 bits per heavy atom. The van der Waals surface area contributed by atoms with Gasteiger partial charge >= 0.3 is 0 Å². The summed E-state index contributed by atoms with van der Waals surface area (Å²) < 4.78 is 2.17. The zero-order chi connectivity index (χ0) is 15.8. The molecule has 3 heterocycles. The highest BCUT2D eigenvalue weighted by molar-refractivity contribution is 7.08. The molecule has 5 heteroatoms. The van der Waals surface area contributed by atoms with Gasteiger partial charge in [0.05, 0.1) is 5.52 Å². The van der Waals surface area contributed by atoms with Crippen LogP contribution in [0.5, 0.6) is 5.75 Å². The molecule has 4 rings (SSSR count). The zero-order valence-corrected chi connectivity index (χ0v) is 13.3. The van der Waals surface area contributed by atoms with Crippen LogP contribution < -0.4 is 5.32 Å². The van der Waals surface area contributed by atoms with E-state index in [2.05, 4.69) is 44.8 Å². The number of anilines is 2. The Hall–Kier alpha value is -2.79. The maximum absolute atomic E-state index is 9.61. The summed E-state index contributed by atoms with van der Waals surface area (Å²) in [6.45, 7) is 0. The average molecular weight is 321 g/mol. The molecule has 1 aromatic carbocycles. The second-order valence-corrected chi connectivity index (χ2v) is 6.15. The number of aryl methyl sites for hydroxylation is 1. The molecule has 0 saturated carbocycles. The first kappa shape index (κ1) is 13.8. The first-order valence-electron chi connectivity index (χ1n) is 7.25. The molecule has 3 aromatic heterocycles. The van der Waals surface area contributed by atoms with Gasteiger partial charge in [0.25, 0.3) is 0 Å². The summed E-state index contributed by atoms with van der Waals surface area (Å²) in [4.78, 5) is 4.46. The Bertz CT molecular complexity index is 973. The molecule has 0 atom stereocenters. The van der Waals surface area contributed by atoms with Gasteiger partial charge in [-0.2, -0.15) is 11.3 Å². The number of hydrogen-bond donors (Lipinski definition) is 2. The molecule has 0 fully saturated rings. The van der Waals surface area contributed by atoms with Crippen LogP contribution in [0.4, 0.5) is 11.5 Å². The van der Waals surface area contributed by atoms with E-state index in [4.69, 9.17) is 0 Å². The van der Waals surface area contributed by atoms with E-state index in [9.17, 15) is 5.11 Å². The maximum Gasteiger partial charge on any atom is 0.139 e. The molecule has 2 N–H and O–H groups in total. The molecule has 0 saturated heterocycles. The molecule has 4 nitrogen and oxygen atoms in total. The first-order valence-corrected chi connectivity index (χ1v) is 8.20. The van der Waals surface area contributed by atoms with Crippen molar-refractivity contribution in [2.24, 2.45) is 7.05 Å². The van der Waals surface area contributed by atoms with Gasteiger partial charge < -0.3 is 15.0 Å². The number of aromatic hydroxyl groups is 1. The topological polar surface area (TPSA) is 50.1 Å². The van der Waals surface area contributed by atoms with Crippen molar-refractivity contribution < 1.29 is 5.11 Å². The van der Waals surface area contributed by atoms with Gasteiger partial charge in [-0.3, -0.25) is 0 Å². The Kier molecular flexibility index (Phi) is 3.28. The van der Waals surface area contributed by atoms with Crippen LogP contribution in [0.25, 0.3) is 22.2 Å². The summed E-state index contributed by atoms with van der Waals surface area (Å²) in [5.41, 5.74) is 4.29. The van der Waals surface area contributed by atoms with E-state index in [-0.39, 0.29) is 5.75 Å². The standard InChI is InChI=1S/C18H15N3OS/c1-21-16-5-7-19-18(20-13-3-2-4-14(22)9-13)15(16)10-17(21)12-6-8-23-11-12/h2-11,22H,1H3,(H,19,20). The van der Waals surface area contributed by atoms with Crippen molar-refractivity contribution in [2.75, 3.05) is 5.32 Å². The molecule has 0 aliphatic rings. The third kappa shape index (κ3) is 2.45. The van der Waals surface area contributed by atoms with E-state index >= 15 is 0 Å². The summed E-state index contributed by atoms with van der Waals surface area (Å²) in [5, 5.41) is 18.2. The number of phenols is 1. The summed E-state index contributed by atoms with van der Waals surface area (Å²) in [5.74, 6) is 1.01. The molecule has 0 spiro atoms. The number of rotatable bonds is 3. The molecule has 0 bridgehead atoms. The van der Waals surface area contributed by atoms with Gasteiger partial charge in [-0.15, -0.1) is 0 Å². The molecule has 114 valence electrons. The predicted octanol–water partition coefficient (Wildman–Crippen LogP) is 4.75. The van der Waals surface area contributed by atoms with E-state index in [0.717, 1.165) is 28.1 Å². The van der Waals surface area contributed by atoms with Crippen molar-refractivity contribution in [3.8, 4) is 17.0 Å². The Balaban J connectivity index is 1.83. The number of thiophene rings is 1. The quantitative estimate of drug-likeness (QED) is 0.572. The van der Waals surface area contributed by atoms with Crippen LogP contribution in [0.2, 0.25) is 0 Å². The molecule has 0 unspecified atom stereocenters. The number of pyridine rings is 1. The van der Waals surface area contributed by atoms with Gasteiger partial charge in [0.15, 0.2) is 0 Å². The molecule has 4 aromatic rings.